The number of rotatable bonds is 6. The van der Waals surface area contributed by atoms with Crippen LogP contribution in [0.1, 0.15) is 29.7 Å². The molecular weight excluding hydrogens is 262 g/mol. The van der Waals surface area contributed by atoms with Gasteiger partial charge in [-0.05, 0) is 49.2 Å². The molecule has 0 radical (unpaired) electrons. The average molecular weight is 285 g/mol. The molecule has 0 fully saturated rings. The number of methoxy groups -OCH3 is 1. The van der Waals surface area contributed by atoms with Crippen molar-refractivity contribution in [1.82, 2.24) is 10.3 Å². The number of anilines is 1. The molecule has 1 atom stereocenters. The van der Waals surface area contributed by atoms with E-state index in [1.54, 1.807) is 13.3 Å². The summed E-state index contributed by atoms with van der Waals surface area (Å²) in [6.07, 6.45) is 2.60. The third-order valence-corrected chi connectivity index (χ3v) is 3.50. The SMILES string of the molecule is CCNC(Cc1ccnc(N)c1)c1ccc(C)cc1OC. The molecule has 112 valence electrons. The Morgan fingerprint density at radius 3 is 2.76 bits per heavy atom. The number of hydrogen-bond donors (Lipinski definition) is 2. The zero-order valence-electron chi connectivity index (χ0n) is 12.9. The van der Waals surface area contributed by atoms with Crippen molar-refractivity contribution in [2.24, 2.45) is 0 Å². The maximum atomic E-state index is 5.77. The van der Waals surface area contributed by atoms with Gasteiger partial charge in [-0.15, -0.1) is 0 Å². The van der Waals surface area contributed by atoms with Crippen LogP contribution in [-0.4, -0.2) is 18.6 Å². The second-order valence-electron chi connectivity index (χ2n) is 5.15. The number of nitrogens with zero attached hydrogens (tertiary/aromatic N) is 1. The van der Waals surface area contributed by atoms with Gasteiger partial charge in [-0.2, -0.15) is 0 Å². The first-order chi connectivity index (χ1) is 10.1. The zero-order chi connectivity index (χ0) is 15.2. The highest BCUT2D eigenvalue weighted by atomic mass is 16.5. The van der Waals surface area contributed by atoms with Gasteiger partial charge in [0.2, 0.25) is 0 Å². The molecule has 0 aliphatic carbocycles. The fourth-order valence-corrected chi connectivity index (χ4v) is 2.50. The second kappa shape index (κ2) is 7.09. The Labute approximate surface area is 126 Å². The molecule has 0 saturated heterocycles. The van der Waals surface area contributed by atoms with E-state index in [-0.39, 0.29) is 6.04 Å². The Morgan fingerprint density at radius 2 is 2.10 bits per heavy atom. The molecule has 2 rings (SSSR count). The third kappa shape index (κ3) is 3.95. The number of hydrogen-bond acceptors (Lipinski definition) is 4. The Hall–Kier alpha value is -2.07. The van der Waals surface area contributed by atoms with E-state index < -0.39 is 0 Å². The number of nitrogens with two attached hydrogens (primary N) is 1. The van der Waals surface area contributed by atoms with Crippen LogP contribution in [0.4, 0.5) is 5.82 Å². The van der Waals surface area contributed by atoms with E-state index >= 15 is 0 Å². The lowest BCUT2D eigenvalue weighted by Crippen LogP contribution is -2.23. The molecule has 0 amide bonds. The normalized spacial score (nSPS) is 12.1. The van der Waals surface area contributed by atoms with Gasteiger partial charge in [0, 0.05) is 17.8 Å². The summed E-state index contributed by atoms with van der Waals surface area (Å²) >= 11 is 0. The molecule has 0 saturated carbocycles. The van der Waals surface area contributed by atoms with Crippen LogP contribution >= 0.6 is 0 Å². The van der Waals surface area contributed by atoms with Crippen LogP contribution in [0.2, 0.25) is 0 Å². The van der Waals surface area contributed by atoms with Crippen molar-refractivity contribution in [3.63, 3.8) is 0 Å². The molecule has 3 N–H and O–H groups in total. The Balaban J connectivity index is 2.30. The van der Waals surface area contributed by atoms with Crippen LogP contribution in [0.25, 0.3) is 0 Å². The monoisotopic (exact) mass is 285 g/mol. The van der Waals surface area contributed by atoms with Crippen molar-refractivity contribution < 1.29 is 4.74 Å². The number of pyridine rings is 1. The molecule has 0 bridgehead atoms. The molecule has 4 heteroatoms. The number of aromatic nitrogens is 1. The molecule has 1 unspecified atom stereocenters. The molecule has 1 aromatic heterocycles. The first-order valence-electron chi connectivity index (χ1n) is 7.22. The fourth-order valence-electron chi connectivity index (χ4n) is 2.50. The van der Waals surface area contributed by atoms with Crippen molar-refractivity contribution in [2.45, 2.75) is 26.3 Å². The summed E-state index contributed by atoms with van der Waals surface area (Å²) in [6.45, 7) is 5.06. The van der Waals surface area contributed by atoms with E-state index in [1.807, 2.05) is 12.1 Å². The Bertz CT molecular complexity index is 598. The predicted octanol–water partition coefficient (Wildman–Crippen LogP) is 2.87. The quantitative estimate of drug-likeness (QED) is 0.857. The smallest absolute Gasteiger partial charge is 0.123 e. The molecule has 4 nitrogen and oxygen atoms in total. The van der Waals surface area contributed by atoms with Crippen LogP contribution in [0, 0.1) is 6.92 Å². The average Bonchev–Trinajstić information content (AvgIpc) is 2.47. The molecule has 2 aromatic rings. The number of nitrogens with one attached hydrogen (secondary N) is 1. The van der Waals surface area contributed by atoms with Gasteiger partial charge in [0.1, 0.15) is 11.6 Å². The van der Waals surface area contributed by atoms with Gasteiger partial charge < -0.3 is 15.8 Å². The second-order valence-corrected chi connectivity index (χ2v) is 5.15. The van der Waals surface area contributed by atoms with Gasteiger partial charge in [-0.3, -0.25) is 0 Å². The summed E-state index contributed by atoms with van der Waals surface area (Å²) in [5.41, 5.74) is 9.29. The topological polar surface area (TPSA) is 60.2 Å². The van der Waals surface area contributed by atoms with Gasteiger partial charge in [-0.25, -0.2) is 4.98 Å². The van der Waals surface area contributed by atoms with Crippen molar-refractivity contribution in [2.75, 3.05) is 19.4 Å². The molecule has 0 aliphatic heterocycles. The minimum Gasteiger partial charge on any atom is -0.496 e. The van der Waals surface area contributed by atoms with Crippen molar-refractivity contribution in [3.05, 3.63) is 53.2 Å². The van der Waals surface area contributed by atoms with Crippen LogP contribution < -0.4 is 15.8 Å². The highest BCUT2D eigenvalue weighted by Crippen LogP contribution is 2.28. The van der Waals surface area contributed by atoms with E-state index in [9.17, 15) is 0 Å². The zero-order valence-corrected chi connectivity index (χ0v) is 12.9. The Morgan fingerprint density at radius 1 is 1.29 bits per heavy atom. The Kier molecular flexibility index (Phi) is 5.17. The lowest BCUT2D eigenvalue weighted by molar-refractivity contribution is 0.399. The molecule has 1 heterocycles. The maximum absolute atomic E-state index is 5.77. The standard InChI is InChI=1S/C17H23N3O/c1-4-19-15(10-13-7-8-20-17(18)11-13)14-6-5-12(2)9-16(14)21-3/h5-9,11,15,19H,4,10H2,1-3H3,(H2,18,20). The van der Waals surface area contributed by atoms with Crippen molar-refractivity contribution in [3.8, 4) is 5.75 Å². The van der Waals surface area contributed by atoms with E-state index in [0.717, 1.165) is 24.3 Å². The van der Waals surface area contributed by atoms with Crippen LogP contribution in [0.3, 0.4) is 0 Å². The van der Waals surface area contributed by atoms with E-state index in [4.69, 9.17) is 10.5 Å². The van der Waals surface area contributed by atoms with Crippen molar-refractivity contribution >= 4 is 5.82 Å². The number of benzene rings is 1. The van der Waals surface area contributed by atoms with Crippen LogP contribution in [-0.2, 0) is 6.42 Å². The fraction of sp³-hybridized carbons (Fsp3) is 0.353. The van der Waals surface area contributed by atoms with Gasteiger partial charge in [-0.1, -0.05) is 19.1 Å². The summed E-state index contributed by atoms with van der Waals surface area (Å²) < 4.78 is 5.54. The minimum absolute atomic E-state index is 0.187. The highest BCUT2D eigenvalue weighted by Gasteiger charge is 2.16. The molecule has 0 spiro atoms. The lowest BCUT2D eigenvalue weighted by Gasteiger charge is -2.21. The van der Waals surface area contributed by atoms with E-state index in [1.165, 1.54) is 11.1 Å². The highest BCUT2D eigenvalue weighted by molar-refractivity contribution is 5.41. The lowest BCUT2D eigenvalue weighted by atomic mass is 9.97. The molecular formula is C17H23N3O. The van der Waals surface area contributed by atoms with E-state index in [2.05, 4.69) is 42.3 Å². The summed E-state index contributed by atoms with van der Waals surface area (Å²) in [7, 11) is 1.71. The number of ether oxygens (including phenoxy) is 1. The largest absolute Gasteiger partial charge is 0.496 e. The number of nitrogen functional groups attached to an aromatic ring is 1. The summed E-state index contributed by atoms with van der Waals surface area (Å²) in [5, 5.41) is 3.52. The van der Waals surface area contributed by atoms with Crippen LogP contribution in [0.15, 0.2) is 36.5 Å². The molecule has 1 aromatic carbocycles. The summed E-state index contributed by atoms with van der Waals surface area (Å²) in [6, 6.07) is 10.4. The van der Waals surface area contributed by atoms with Gasteiger partial charge in [0.05, 0.1) is 7.11 Å². The first kappa shape index (κ1) is 15.3. The van der Waals surface area contributed by atoms with Crippen molar-refractivity contribution in [1.29, 1.82) is 0 Å². The third-order valence-electron chi connectivity index (χ3n) is 3.50. The van der Waals surface area contributed by atoms with Gasteiger partial charge in [0.15, 0.2) is 0 Å². The number of aryl methyl sites for hydroxylation is 1. The van der Waals surface area contributed by atoms with Gasteiger partial charge >= 0.3 is 0 Å². The predicted molar refractivity (Wildman–Crippen MR) is 86.5 cm³/mol. The number of likely N-dealkylation sites (N-methyl/N-ethyl adjacent to an activating group) is 1. The molecule has 0 aliphatic rings. The molecule has 21 heavy (non-hydrogen) atoms. The maximum Gasteiger partial charge on any atom is 0.123 e. The summed E-state index contributed by atoms with van der Waals surface area (Å²) in [4.78, 5) is 4.04. The summed E-state index contributed by atoms with van der Waals surface area (Å²) in [5.74, 6) is 1.47. The first-order valence-corrected chi connectivity index (χ1v) is 7.22. The van der Waals surface area contributed by atoms with E-state index in [0.29, 0.717) is 5.82 Å². The minimum atomic E-state index is 0.187. The van der Waals surface area contributed by atoms with Crippen LogP contribution in [0.5, 0.6) is 5.75 Å². The van der Waals surface area contributed by atoms with Gasteiger partial charge in [0.25, 0.3) is 0 Å².